The Hall–Kier alpha value is -0.810. The average Bonchev–Trinajstić information content (AvgIpc) is 2.88. The summed E-state index contributed by atoms with van der Waals surface area (Å²) < 4.78 is 0. The third-order valence-corrected chi connectivity index (χ3v) is 4.12. The third kappa shape index (κ3) is 6.97. The molecule has 1 unspecified atom stereocenters. The van der Waals surface area contributed by atoms with Crippen molar-refractivity contribution in [3.63, 3.8) is 0 Å². The molecule has 5 heteroatoms. The molecule has 0 aromatic heterocycles. The number of likely N-dealkylation sites (tertiary alicyclic amines) is 1. The molecule has 0 radical (unpaired) electrons. The maximum Gasteiger partial charge on any atom is 0.193 e. The minimum atomic E-state index is 0.158. The summed E-state index contributed by atoms with van der Waals surface area (Å²) in [5.74, 6) is 1.03. The zero-order valence-corrected chi connectivity index (χ0v) is 15.6. The number of rotatable bonds is 7. The Bertz CT molecular complexity index is 334. The van der Waals surface area contributed by atoms with Crippen LogP contribution in [0.25, 0.3) is 0 Å². The number of hydrogen-bond donors (Lipinski definition) is 2. The SMILES string of the molecule is CCNC(=NCCNC(C)(C)C)N(C)CC1CCCN1CC. The molecule has 2 N–H and O–H groups in total. The highest BCUT2D eigenvalue weighted by Gasteiger charge is 2.24. The highest BCUT2D eigenvalue weighted by molar-refractivity contribution is 5.79. The Kier molecular flexibility index (Phi) is 8.18. The Labute approximate surface area is 137 Å². The molecule has 130 valence electrons. The van der Waals surface area contributed by atoms with Crippen LogP contribution in [0.1, 0.15) is 47.5 Å². The highest BCUT2D eigenvalue weighted by atomic mass is 15.3. The maximum absolute atomic E-state index is 4.76. The van der Waals surface area contributed by atoms with Gasteiger partial charge < -0.3 is 15.5 Å². The van der Waals surface area contributed by atoms with Gasteiger partial charge in [0, 0.05) is 38.3 Å². The molecule has 0 bridgehead atoms. The van der Waals surface area contributed by atoms with E-state index in [0.29, 0.717) is 6.04 Å². The fourth-order valence-electron chi connectivity index (χ4n) is 2.98. The fraction of sp³-hybridized carbons (Fsp3) is 0.941. The van der Waals surface area contributed by atoms with Crippen molar-refractivity contribution < 1.29 is 0 Å². The van der Waals surface area contributed by atoms with Crippen molar-refractivity contribution in [3.05, 3.63) is 0 Å². The molecule has 0 aliphatic carbocycles. The highest BCUT2D eigenvalue weighted by Crippen LogP contribution is 2.17. The molecule has 1 aliphatic heterocycles. The van der Waals surface area contributed by atoms with E-state index in [-0.39, 0.29) is 5.54 Å². The first-order chi connectivity index (χ1) is 10.4. The van der Waals surface area contributed by atoms with E-state index in [0.717, 1.165) is 38.7 Å². The van der Waals surface area contributed by atoms with Gasteiger partial charge in [-0.25, -0.2) is 0 Å². The Morgan fingerprint density at radius 1 is 1.32 bits per heavy atom. The van der Waals surface area contributed by atoms with Crippen LogP contribution >= 0.6 is 0 Å². The van der Waals surface area contributed by atoms with Gasteiger partial charge in [0.2, 0.25) is 0 Å². The summed E-state index contributed by atoms with van der Waals surface area (Å²) >= 11 is 0. The Morgan fingerprint density at radius 2 is 2.05 bits per heavy atom. The molecule has 0 saturated carbocycles. The maximum atomic E-state index is 4.76. The van der Waals surface area contributed by atoms with E-state index in [1.807, 2.05) is 0 Å². The molecule has 0 aromatic rings. The molecule has 22 heavy (non-hydrogen) atoms. The zero-order valence-electron chi connectivity index (χ0n) is 15.6. The van der Waals surface area contributed by atoms with Gasteiger partial charge in [-0.15, -0.1) is 0 Å². The standard InChI is InChI=1S/C17H37N5/c1-7-18-16(19-11-12-20-17(3,4)5)21(6)14-15-10-9-13-22(15)8-2/h15,20H,7-14H2,1-6H3,(H,18,19). The molecule has 0 spiro atoms. The molecular weight excluding hydrogens is 274 g/mol. The largest absolute Gasteiger partial charge is 0.357 e. The number of aliphatic imine (C=N–C) groups is 1. The van der Waals surface area contributed by atoms with Gasteiger partial charge in [-0.3, -0.25) is 9.89 Å². The molecule has 0 amide bonds. The summed E-state index contributed by atoms with van der Waals surface area (Å²) in [6, 6.07) is 0.673. The first-order valence-electron chi connectivity index (χ1n) is 8.86. The summed E-state index contributed by atoms with van der Waals surface area (Å²) in [7, 11) is 2.16. The molecule has 1 aliphatic rings. The smallest absolute Gasteiger partial charge is 0.193 e. The van der Waals surface area contributed by atoms with Crippen molar-refractivity contribution in [1.29, 1.82) is 0 Å². The summed E-state index contributed by atoms with van der Waals surface area (Å²) in [4.78, 5) is 9.64. The van der Waals surface area contributed by atoms with Gasteiger partial charge in [-0.05, 0) is 53.6 Å². The van der Waals surface area contributed by atoms with Gasteiger partial charge in [0.05, 0.1) is 6.54 Å². The number of hydrogen-bond acceptors (Lipinski definition) is 3. The van der Waals surface area contributed by atoms with E-state index in [9.17, 15) is 0 Å². The van der Waals surface area contributed by atoms with Crippen molar-refractivity contribution in [2.75, 3.05) is 46.3 Å². The van der Waals surface area contributed by atoms with E-state index in [1.54, 1.807) is 0 Å². The van der Waals surface area contributed by atoms with E-state index < -0.39 is 0 Å². The second-order valence-corrected chi connectivity index (χ2v) is 7.22. The van der Waals surface area contributed by atoms with Crippen LogP contribution < -0.4 is 10.6 Å². The molecule has 1 fully saturated rings. The first-order valence-corrected chi connectivity index (χ1v) is 8.86. The second-order valence-electron chi connectivity index (χ2n) is 7.22. The average molecular weight is 312 g/mol. The predicted molar refractivity (Wildman–Crippen MR) is 96.6 cm³/mol. The van der Waals surface area contributed by atoms with Crippen molar-refractivity contribution >= 4 is 5.96 Å². The van der Waals surface area contributed by atoms with Crippen LogP contribution in [0.3, 0.4) is 0 Å². The van der Waals surface area contributed by atoms with Gasteiger partial charge in [0.15, 0.2) is 5.96 Å². The number of likely N-dealkylation sites (N-methyl/N-ethyl adjacent to an activating group) is 2. The second kappa shape index (κ2) is 9.36. The Balaban J connectivity index is 2.49. The lowest BCUT2D eigenvalue weighted by Crippen LogP contribution is -2.46. The fourth-order valence-corrected chi connectivity index (χ4v) is 2.98. The lowest BCUT2D eigenvalue weighted by Gasteiger charge is -2.30. The van der Waals surface area contributed by atoms with Crippen LogP contribution in [0.5, 0.6) is 0 Å². The van der Waals surface area contributed by atoms with E-state index in [2.05, 4.69) is 62.1 Å². The molecule has 1 heterocycles. The molecule has 1 rings (SSSR count). The normalized spacial score (nSPS) is 20.5. The topological polar surface area (TPSA) is 42.9 Å². The minimum absolute atomic E-state index is 0.158. The van der Waals surface area contributed by atoms with Crippen LogP contribution in [0, 0.1) is 0 Å². The van der Waals surface area contributed by atoms with Crippen LogP contribution in [-0.4, -0.2) is 73.7 Å². The third-order valence-electron chi connectivity index (χ3n) is 4.12. The summed E-state index contributed by atoms with van der Waals surface area (Å²) in [6.45, 7) is 17.1. The van der Waals surface area contributed by atoms with Crippen LogP contribution in [0.4, 0.5) is 0 Å². The Morgan fingerprint density at radius 3 is 2.64 bits per heavy atom. The van der Waals surface area contributed by atoms with Crippen molar-refractivity contribution in [3.8, 4) is 0 Å². The summed E-state index contributed by atoms with van der Waals surface area (Å²) in [5, 5.41) is 6.90. The number of nitrogens with zero attached hydrogens (tertiary/aromatic N) is 3. The number of guanidine groups is 1. The molecule has 1 atom stereocenters. The van der Waals surface area contributed by atoms with E-state index in [4.69, 9.17) is 4.99 Å². The van der Waals surface area contributed by atoms with Gasteiger partial charge >= 0.3 is 0 Å². The lowest BCUT2D eigenvalue weighted by molar-refractivity contribution is 0.232. The minimum Gasteiger partial charge on any atom is -0.357 e. The molecular formula is C17H37N5. The van der Waals surface area contributed by atoms with Gasteiger partial charge in [0.1, 0.15) is 0 Å². The van der Waals surface area contributed by atoms with Crippen LogP contribution in [-0.2, 0) is 0 Å². The quantitative estimate of drug-likeness (QED) is 0.427. The van der Waals surface area contributed by atoms with Gasteiger partial charge in [0.25, 0.3) is 0 Å². The first kappa shape index (κ1) is 19.2. The molecule has 0 aromatic carbocycles. The summed E-state index contributed by atoms with van der Waals surface area (Å²) in [5.41, 5.74) is 0.158. The van der Waals surface area contributed by atoms with Gasteiger partial charge in [-0.1, -0.05) is 6.92 Å². The van der Waals surface area contributed by atoms with Crippen molar-refractivity contribution in [2.45, 2.75) is 59.0 Å². The van der Waals surface area contributed by atoms with Crippen LogP contribution in [0.2, 0.25) is 0 Å². The lowest BCUT2D eigenvalue weighted by atomic mass is 10.1. The number of nitrogens with one attached hydrogen (secondary N) is 2. The molecule has 1 saturated heterocycles. The zero-order chi connectivity index (χ0) is 16.6. The van der Waals surface area contributed by atoms with E-state index >= 15 is 0 Å². The predicted octanol–water partition coefficient (Wildman–Crippen LogP) is 1.76. The van der Waals surface area contributed by atoms with Crippen LogP contribution in [0.15, 0.2) is 4.99 Å². The monoisotopic (exact) mass is 311 g/mol. The van der Waals surface area contributed by atoms with Gasteiger partial charge in [-0.2, -0.15) is 0 Å². The van der Waals surface area contributed by atoms with E-state index in [1.165, 1.54) is 19.4 Å². The summed E-state index contributed by atoms with van der Waals surface area (Å²) in [6.07, 6.45) is 2.64. The molecule has 5 nitrogen and oxygen atoms in total. The van der Waals surface area contributed by atoms with Crippen molar-refractivity contribution in [2.24, 2.45) is 4.99 Å². The van der Waals surface area contributed by atoms with Crippen molar-refractivity contribution in [1.82, 2.24) is 20.4 Å².